The van der Waals surface area contributed by atoms with Gasteiger partial charge in [-0.3, -0.25) is 9.59 Å². The normalized spacial score (nSPS) is 13.5. The number of nitrogens with one attached hydrogen (secondary N) is 1. The van der Waals surface area contributed by atoms with Crippen LogP contribution in [0.4, 0.5) is 0 Å². The highest BCUT2D eigenvalue weighted by atomic mass is 16.5. The molecule has 198 valence electrons. The number of ether oxygens (including phenoxy) is 1. The lowest BCUT2D eigenvalue weighted by Gasteiger charge is -2.22. The van der Waals surface area contributed by atoms with Gasteiger partial charge in [0.2, 0.25) is 0 Å². The molecule has 1 N–H and O–H groups in total. The van der Waals surface area contributed by atoms with E-state index in [4.69, 9.17) is 9.15 Å². The van der Waals surface area contributed by atoms with E-state index in [-0.39, 0.29) is 11.8 Å². The number of furan rings is 1. The number of amides is 2. The van der Waals surface area contributed by atoms with Crippen LogP contribution in [0.15, 0.2) is 94.4 Å². The van der Waals surface area contributed by atoms with Crippen molar-refractivity contribution in [2.75, 3.05) is 7.11 Å². The molecule has 1 aliphatic rings. The highest BCUT2D eigenvalue weighted by molar-refractivity contribution is 6.07. The van der Waals surface area contributed by atoms with Crippen LogP contribution in [-0.2, 0) is 19.5 Å². The number of aryl methyl sites for hydroxylation is 1. The third-order valence-electron chi connectivity index (χ3n) is 6.86. The first-order chi connectivity index (χ1) is 19.0. The van der Waals surface area contributed by atoms with Crippen LogP contribution in [0.1, 0.15) is 61.8 Å². The SMILES string of the molecule is COc1cccc(C(=O)N/N=C2\CCCc3oc(C(=O)N(Cc4ccccc4)Cc4ccccc4)c(C)c32)c1. The zero-order valence-corrected chi connectivity index (χ0v) is 22.1. The third kappa shape index (κ3) is 5.93. The molecule has 2 amide bonds. The second-order valence-corrected chi connectivity index (χ2v) is 9.57. The molecule has 1 aliphatic carbocycles. The van der Waals surface area contributed by atoms with Crippen LogP contribution < -0.4 is 10.2 Å². The van der Waals surface area contributed by atoms with Crippen molar-refractivity contribution in [1.29, 1.82) is 0 Å². The first-order valence-corrected chi connectivity index (χ1v) is 13.0. The molecule has 0 spiro atoms. The van der Waals surface area contributed by atoms with E-state index in [9.17, 15) is 9.59 Å². The molecule has 0 radical (unpaired) electrons. The molecule has 0 bridgehead atoms. The fourth-order valence-electron chi connectivity index (χ4n) is 4.88. The summed E-state index contributed by atoms with van der Waals surface area (Å²) in [5, 5.41) is 4.46. The predicted octanol–water partition coefficient (Wildman–Crippen LogP) is 5.91. The van der Waals surface area contributed by atoms with Crippen LogP contribution in [0.3, 0.4) is 0 Å². The van der Waals surface area contributed by atoms with Crippen molar-refractivity contribution in [2.24, 2.45) is 5.10 Å². The minimum atomic E-state index is -0.331. The molecule has 1 aromatic heterocycles. The quantitative estimate of drug-likeness (QED) is 0.292. The Morgan fingerprint density at radius 1 is 0.923 bits per heavy atom. The van der Waals surface area contributed by atoms with Gasteiger partial charge in [0.25, 0.3) is 11.8 Å². The topological polar surface area (TPSA) is 84.1 Å². The zero-order chi connectivity index (χ0) is 27.2. The lowest BCUT2D eigenvalue weighted by Crippen LogP contribution is -2.30. The smallest absolute Gasteiger partial charge is 0.290 e. The van der Waals surface area contributed by atoms with Gasteiger partial charge < -0.3 is 14.1 Å². The number of benzene rings is 3. The van der Waals surface area contributed by atoms with E-state index >= 15 is 0 Å². The summed E-state index contributed by atoms with van der Waals surface area (Å²) in [5.41, 5.74) is 7.48. The molecule has 7 nitrogen and oxygen atoms in total. The highest BCUT2D eigenvalue weighted by Gasteiger charge is 2.30. The van der Waals surface area contributed by atoms with Crippen molar-refractivity contribution in [3.8, 4) is 5.75 Å². The van der Waals surface area contributed by atoms with Crippen molar-refractivity contribution in [3.63, 3.8) is 0 Å². The monoisotopic (exact) mass is 521 g/mol. The third-order valence-corrected chi connectivity index (χ3v) is 6.86. The van der Waals surface area contributed by atoms with Crippen LogP contribution >= 0.6 is 0 Å². The maximum atomic E-state index is 13.9. The molecule has 0 saturated carbocycles. The Bertz CT molecular complexity index is 1450. The van der Waals surface area contributed by atoms with Crippen molar-refractivity contribution in [2.45, 2.75) is 39.3 Å². The standard InChI is InChI=1S/C32H31N3O4/c1-22-29-27(33-34-31(36)25-15-9-16-26(19-25)38-2)17-10-18-28(29)39-30(22)32(37)35(20-23-11-5-3-6-12-23)21-24-13-7-4-8-14-24/h3-9,11-16,19H,10,17-18,20-21H2,1-2H3,(H,34,36)/b33-27+. The van der Waals surface area contributed by atoms with E-state index in [2.05, 4.69) is 10.5 Å². The molecule has 5 rings (SSSR count). The molecular weight excluding hydrogens is 490 g/mol. The van der Waals surface area contributed by atoms with Crippen molar-refractivity contribution in [3.05, 3.63) is 124 Å². The fraction of sp³-hybridized carbons (Fsp3) is 0.219. The summed E-state index contributed by atoms with van der Waals surface area (Å²) in [6.07, 6.45) is 2.21. The van der Waals surface area contributed by atoms with E-state index in [0.29, 0.717) is 48.7 Å². The molecular formula is C32H31N3O4. The van der Waals surface area contributed by atoms with Crippen LogP contribution in [0.5, 0.6) is 5.75 Å². The van der Waals surface area contributed by atoms with E-state index in [1.54, 1.807) is 31.4 Å². The summed E-state index contributed by atoms with van der Waals surface area (Å²) in [6, 6.07) is 26.8. The number of hydrogen-bond donors (Lipinski definition) is 1. The number of carbonyl (C=O) groups is 2. The Balaban J connectivity index is 1.42. The highest BCUT2D eigenvalue weighted by Crippen LogP contribution is 2.31. The summed E-state index contributed by atoms with van der Waals surface area (Å²) in [4.78, 5) is 28.5. The second-order valence-electron chi connectivity index (χ2n) is 9.57. The largest absolute Gasteiger partial charge is 0.497 e. The Morgan fingerprint density at radius 3 is 2.23 bits per heavy atom. The van der Waals surface area contributed by atoms with Crippen molar-refractivity contribution >= 4 is 17.5 Å². The van der Waals surface area contributed by atoms with Gasteiger partial charge in [-0.25, -0.2) is 5.43 Å². The molecule has 3 aromatic carbocycles. The summed E-state index contributed by atoms with van der Waals surface area (Å²) in [7, 11) is 1.56. The first kappa shape index (κ1) is 26.0. The summed E-state index contributed by atoms with van der Waals surface area (Å²) in [5.74, 6) is 1.15. The molecule has 0 unspecified atom stereocenters. The number of hydrogen-bond acceptors (Lipinski definition) is 5. The van der Waals surface area contributed by atoms with E-state index in [1.165, 1.54) is 0 Å². The number of hydrazone groups is 1. The molecule has 0 atom stereocenters. The Labute approximate surface area is 228 Å². The maximum absolute atomic E-state index is 13.9. The Kier molecular flexibility index (Phi) is 7.87. The molecule has 1 heterocycles. The second kappa shape index (κ2) is 11.8. The average Bonchev–Trinajstić information content (AvgIpc) is 3.33. The van der Waals surface area contributed by atoms with Crippen LogP contribution in [0, 0.1) is 6.92 Å². The predicted molar refractivity (Wildman–Crippen MR) is 150 cm³/mol. The lowest BCUT2D eigenvalue weighted by atomic mass is 9.93. The number of fused-ring (bicyclic) bond motifs is 1. The van der Waals surface area contributed by atoms with Gasteiger partial charge in [-0.05, 0) is 49.1 Å². The van der Waals surface area contributed by atoms with Crippen molar-refractivity contribution in [1.82, 2.24) is 10.3 Å². The maximum Gasteiger partial charge on any atom is 0.290 e. The van der Waals surface area contributed by atoms with Gasteiger partial charge in [-0.2, -0.15) is 5.10 Å². The molecule has 0 aliphatic heterocycles. The summed E-state index contributed by atoms with van der Waals surface area (Å²) in [6.45, 7) is 2.80. The molecule has 0 fully saturated rings. The minimum Gasteiger partial charge on any atom is -0.497 e. The fourth-order valence-corrected chi connectivity index (χ4v) is 4.88. The average molecular weight is 522 g/mol. The van der Waals surface area contributed by atoms with Gasteiger partial charge >= 0.3 is 0 Å². The molecule has 0 saturated heterocycles. The van der Waals surface area contributed by atoms with Gasteiger partial charge in [-0.1, -0.05) is 66.7 Å². The van der Waals surface area contributed by atoms with Gasteiger partial charge in [0.05, 0.1) is 12.8 Å². The number of nitrogens with zero attached hydrogens (tertiary/aromatic N) is 2. The molecule has 39 heavy (non-hydrogen) atoms. The molecule has 7 heteroatoms. The van der Waals surface area contributed by atoms with Gasteiger partial charge in [0, 0.05) is 36.2 Å². The summed E-state index contributed by atoms with van der Waals surface area (Å²) >= 11 is 0. The summed E-state index contributed by atoms with van der Waals surface area (Å²) < 4.78 is 11.4. The Hall–Kier alpha value is -4.65. The zero-order valence-electron chi connectivity index (χ0n) is 22.1. The lowest BCUT2D eigenvalue weighted by molar-refractivity contribution is 0.0694. The van der Waals surface area contributed by atoms with E-state index in [0.717, 1.165) is 34.4 Å². The van der Waals surface area contributed by atoms with Gasteiger partial charge in [0.1, 0.15) is 11.5 Å². The van der Waals surface area contributed by atoms with Crippen LogP contribution in [0.2, 0.25) is 0 Å². The van der Waals surface area contributed by atoms with E-state index < -0.39 is 0 Å². The van der Waals surface area contributed by atoms with Crippen LogP contribution in [0.25, 0.3) is 0 Å². The minimum absolute atomic E-state index is 0.172. The molecule has 4 aromatic rings. The van der Waals surface area contributed by atoms with E-state index in [1.807, 2.05) is 72.5 Å². The van der Waals surface area contributed by atoms with Crippen molar-refractivity contribution < 1.29 is 18.7 Å². The van der Waals surface area contributed by atoms with Gasteiger partial charge in [-0.15, -0.1) is 0 Å². The Morgan fingerprint density at radius 2 is 1.59 bits per heavy atom. The first-order valence-electron chi connectivity index (χ1n) is 13.0. The number of carbonyl (C=O) groups excluding carboxylic acids is 2. The number of methoxy groups -OCH3 is 1. The number of rotatable bonds is 8. The van der Waals surface area contributed by atoms with Gasteiger partial charge in [0.15, 0.2) is 5.76 Å². The van der Waals surface area contributed by atoms with Crippen LogP contribution in [-0.4, -0.2) is 29.5 Å².